The molecule has 0 radical (unpaired) electrons. The van der Waals surface area contributed by atoms with E-state index >= 15 is 0 Å². The molecule has 0 fully saturated rings. The molecule has 0 aliphatic rings. The number of benzene rings is 2. The normalized spacial score (nSPS) is 10.6. The number of methoxy groups -OCH3 is 1. The van der Waals surface area contributed by atoms with Gasteiger partial charge in [0.2, 0.25) is 17.7 Å². The van der Waals surface area contributed by atoms with E-state index in [1.165, 1.54) is 12.0 Å². The SMILES string of the molecule is CCN(CC(=O)NCC(=O)Nc1ccc(F)c(F)c1F)CC(=O)Nc1cccc(OC)c1. The fraction of sp³-hybridized carbons (Fsp3) is 0.286. The summed E-state index contributed by atoms with van der Waals surface area (Å²) < 4.78 is 44.8. The van der Waals surface area contributed by atoms with Crippen molar-refractivity contribution >= 4 is 29.1 Å². The van der Waals surface area contributed by atoms with Crippen LogP contribution in [0.3, 0.4) is 0 Å². The third-order valence-electron chi connectivity index (χ3n) is 4.29. The number of nitrogens with zero attached hydrogens (tertiary/aromatic N) is 1. The zero-order chi connectivity index (χ0) is 23.7. The molecule has 3 N–H and O–H groups in total. The topological polar surface area (TPSA) is 99.8 Å². The van der Waals surface area contributed by atoms with E-state index in [1.807, 2.05) is 5.32 Å². The van der Waals surface area contributed by atoms with Crippen molar-refractivity contribution in [1.29, 1.82) is 0 Å². The summed E-state index contributed by atoms with van der Waals surface area (Å²) in [6.45, 7) is 1.36. The highest BCUT2D eigenvalue weighted by molar-refractivity contribution is 5.95. The van der Waals surface area contributed by atoms with Gasteiger partial charge in [0.05, 0.1) is 32.4 Å². The van der Waals surface area contributed by atoms with Crippen LogP contribution >= 0.6 is 0 Å². The van der Waals surface area contributed by atoms with E-state index in [0.717, 1.165) is 6.07 Å². The van der Waals surface area contributed by atoms with Gasteiger partial charge in [-0.25, -0.2) is 13.2 Å². The molecule has 0 heterocycles. The number of ether oxygens (including phenoxy) is 1. The van der Waals surface area contributed by atoms with Crippen LogP contribution in [0.15, 0.2) is 36.4 Å². The molecule has 8 nitrogen and oxygen atoms in total. The van der Waals surface area contributed by atoms with Gasteiger partial charge in [-0.15, -0.1) is 0 Å². The number of hydrogen-bond acceptors (Lipinski definition) is 5. The molecule has 2 aromatic rings. The van der Waals surface area contributed by atoms with Gasteiger partial charge >= 0.3 is 0 Å². The molecule has 11 heteroatoms. The number of likely N-dealkylation sites (N-methyl/N-ethyl adjacent to an activating group) is 1. The Bertz CT molecular complexity index is 988. The number of hydrogen-bond donors (Lipinski definition) is 3. The minimum absolute atomic E-state index is 0.0760. The van der Waals surface area contributed by atoms with Crippen LogP contribution in [-0.2, 0) is 14.4 Å². The second-order valence-electron chi connectivity index (χ2n) is 6.63. The molecule has 0 unspecified atom stereocenters. The number of anilines is 2. The van der Waals surface area contributed by atoms with Crippen LogP contribution in [0, 0.1) is 17.5 Å². The molecule has 0 saturated heterocycles. The molecule has 0 aliphatic heterocycles. The Morgan fingerprint density at radius 3 is 2.34 bits per heavy atom. The monoisotopic (exact) mass is 452 g/mol. The zero-order valence-corrected chi connectivity index (χ0v) is 17.5. The van der Waals surface area contributed by atoms with Gasteiger partial charge < -0.3 is 20.7 Å². The van der Waals surface area contributed by atoms with Gasteiger partial charge in [-0.05, 0) is 30.8 Å². The molecule has 0 spiro atoms. The second-order valence-corrected chi connectivity index (χ2v) is 6.63. The van der Waals surface area contributed by atoms with Crippen LogP contribution in [0.5, 0.6) is 5.75 Å². The van der Waals surface area contributed by atoms with Gasteiger partial charge in [-0.2, -0.15) is 0 Å². The van der Waals surface area contributed by atoms with Crippen LogP contribution < -0.4 is 20.7 Å². The third-order valence-corrected chi connectivity index (χ3v) is 4.29. The lowest BCUT2D eigenvalue weighted by atomic mass is 10.2. The highest BCUT2D eigenvalue weighted by atomic mass is 19.2. The number of amides is 3. The number of nitrogens with one attached hydrogen (secondary N) is 3. The van der Waals surface area contributed by atoms with Crippen molar-refractivity contribution in [3.63, 3.8) is 0 Å². The molecule has 32 heavy (non-hydrogen) atoms. The summed E-state index contributed by atoms with van der Waals surface area (Å²) in [7, 11) is 1.51. The van der Waals surface area contributed by atoms with Crippen LogP contribution in [-0.4, -0.2) is 55.9 Å². The average Bonchev–Trinajstić information content (AvgIpc) is 2.77. The lowest BCUT2D eigenvalue weighted by Gasteiger charge is -2.19. The standard InChI is InChI=1S/C21H23F3N4O4/c1-3-28(12-19(31)26-13-5-4-6-14(9-13)32-2)11-18(30)25-10-17(29)27-16-8-7-15(22)20(23)21(16)24/h4-9H,3,10-12H2,1-2H3,(H,25,30)(H,26,31)(H,27,29). The molecule has 2 aromatic carbocycles. The van der Waals surface area contributed by atoms with Crippen molar-refractivity contribution in [2.75, 3.05) is 43.9 Å². The Labute approximate surface area is 182 Å². The summed E-state index contributed by atoms with van der Waals surface area (Å²) in [6.07, 6.45) is 0. The Balaban J connectivity index is 1.80. The van der Waals surface area contributed by atoms with E-state index in [-0.39, 0.29) is 19.0 Å². The second kappa shape index (κ2) is 11.7. The molecule has 0 saturated carbocycles. The summed E-state index contributed by atoms with van der Waals surface area (Å²) in [5, 5.41) is 7.06. The Kier molecular flexibility index (Phi) is 9.02. The first kappa shape index (κ1) is 24.7. The van der Waals surface area contributed by atoms with Crippen LogP contribution in [0.4, 0.5) is 24.5 Å². The van der Waals surface area contributed by atoms with Gasteiger partial charge in [-0.1, -0.05) is 13.0 Å². The maximum atomic E-state index is 13.6. The minimum atomic E-state index is -1.71. The first-order valence-corrected chi connectivity index (χ1v) is 9.59. The molecular formula is C21H23F3N4O4. The smallest absolute Gasteiger partial charge is 0.243 e. The van der Waals surface area contributed by atoms with E-state index in [9.17, 15) is 27.6 Å². The predicted octanol–water partition coefficient (Wildman–Crippen LogP) is 2.13. The molecule has 0 bridgehead atoms. The lowest BCUT2D eigenvalue weighted by molar-refractivity contribution is -0.125. The molecule has 2 rings (SSSR count). The van der Waals surface area contributed by atoms with Gasteiger partial charge in [-0.3, -0.25) is 19.3 Å². The van der Waals surface area contributed by atoms with Crippen LogP contribution in [0.2, 0.25) is 0 Å². The third kappa shape index (κ3) is 7.27. The maximum absolute atomic E-state index is 13.6. The minimum Gasteiger partial charge on any atom is -0.497 e. The summed E-state index contributed by atoms with van der Waals surface area (Å²) >= 11 is 0. The Morgan fingerprint density at radius 2 is 1.66 bits per heavy atom. The van der Waals surface area contributed by atoms with Crippen molar-refractivity contribution in [3.8, 4) is 5.75 Å². The Hall–Kier alpha value is -3.60. The average molecular weight is 452 g/mol. The number of carbonyl (C=O) groups is 3. The number of carbonyl (C=O) groups excluding carboxylic acids is 3. The van der Waals surface area contributed by atoms with E-state index in [0.29, 0.717) is 24.0 Å². The van der Waals surface area contributed by atoms with E-state index in [1.54, 1.807) is 31.2 Å². The largest absolute Gasteiger partial charge is 0.497 e. The van der Waals surface area contributed by atoms with E-state index in [2.05, 4.69) is 10.6 Å². The number of rotatable bonds is 10. The Morgan fingerprint density at radius 1 is 0.938 bits per heavy atom. The predicted molar refractivity (Wildman–Crippen MR) is 112 cm³/mol. The molecular weight excluding hydrogens is 429 g/mol. The van der Waals surface area contributed by atoms with Gasteiger partial charge in [0.25, 0.3) is 0 Å². The summed E-state index contributed by atoms with van der Waals surface area (Å²) in [4.78, 5) is 37.7. The first-order chi connectivity index (χ1) is 15.2. The zero-order valence-electron chi connectivity index (χ0n) is 17.5. The van der Waals surface area contributed by atoms with Crippen molar-refractivity contribution in [2.45, 2.75) is 6.92 Å². The fourth-order valence-electron chi connectivity index (χ4n) is 2.64. The fourth-order valence-corrected chi connectivity index (χ4v) is 2.64. The highest BCUT2D eigenvalue weighted by Crippen LogP contribution is 2.19. The molecule has 3 amide bonds. The van der Waals surface area contributed by atoms with Crippen molar-refractivity contribution in [3.05, 3.63) is 53.8 Å². The molecule has 0 atom stereocenters. The molecule has 0 aromatic heterocycles. The van der Waals surface area contributed by atoms with E-state index in [4.69, 9.17) is 4.74 Å². The van der Waals surface area contributed by atoms with Crippen molar-refractivity contribution in [2.24, 2.45) is 0 Å². The summed E-state index contributed by atoms with van der Waals surface area (Å²) in [5.41, 5.74) is -0.0106. The quantitative estimate of drug-likeness (QED) is 0.480. The van der Waals surface area contributed by atoms with Crippen LogP contribution in [0.25, 0.3) is 0 Å². The number of halogens is 3. The summed E-state index contributed by atoms with van der Waals surface area (Å²) in [5.74, 6) is -5.79. The summed E-state index contributed by atoms with van der Waals surface area (Å²) in [6, 6.07) is 8.33. The lowest BCUT2D eigenvalue weighted by Crippen LogP contribution is -2.43. The molecule has 0 aliphatic carbocycles. The first-order valence-electron chi connectivity index (χ1n) is 9.59. The van der Waals surface area contributed by atoms with Gasteiger partial charge in [0, 0.05) is 11.8 Å². The van der Waals surface area contributed by atoms with Crippen molar-refractivity contribution in [1.82, 2.24) is 10.2 Å². The van der Waals surface area contributed by atoms with Crippen LogP contribution in [0.1, 0.15) is 6.92 Å². The van der Waals surface area contributed by atoms with E-state index < -0.39 is 41.5 Å². The maximum Gasteiger partial charge on any atom is 0.243 e. The molecule has 172 valence electrons. The highest BCUT2D eigenvalue weighted by Gasteiger charge is 2.17. The van der Waals surface area contributed by atoms with Crippen molar-refractivity contribution < 1.29 is 32.3 Å². The van der Waals surface area contributed by atoms with Gasteiger partial charge in [0.1, 0.15) is 5.75 Å². The van der Waals surface area contributed by atoms with Gasteiger partial charge in [0.15, 0.2) is 17.5 Å².